The minimum Gasteiger partial charge on any atom is -0.388 e. The molecule has 19 heavy (non-hydrogen) atoms. The summed E-state index contributed by atoms with van der Waals surface area (Å²) in [5.41, 5.74) is 3.25. The molecule has 3 rings (SSSR count). The lowest BCUT2D eigenvalue weighted by Gasteiger charge is -2.13. The van der Waals surface area contributed by atoms with Gasteiger partial charge in [0.2, 0.25) is 0 Å². The van der Waals surface area contributed by atoms with Gasteiger partial charge in [0.05, 0.1) is 11.1 Å². The summed E-state index contributed by atoms with van der Waals surface area (Å²) < 4.78 is 0. The average molecular weight is 274 g/mol. The summed E-state index contributed by atoms with van der Waals surface area (Å²) in [6.07, 6.45) is 5.87. The number of aliphatic hydroxyl groups is 1. The third-order valence-electron chi connectivity index (χ3n) is 3.61. The van der Waals surface area contributed by atoms with E-state index in [9.17, 15) is 5.11 Å². The molecule has 0 amide bonds. The Morgan fingerprint density at radius 3 is 2.89 bits per heavy atom. The van der Waals surface area contributed by atoms with Crippen molar-refractivity contribution in [2.24, 2.45) is 0 Å². The molecule has 1 aromatic heterocycles. The fraction of sp³-hybridized carbons (Fsp3) is 0.312. The molecule has 0 spiro atoms. The minimum absolute atomic E-state index is 0.515. The quantitative estimate of drug-likeness (QED) is 0.917. The van der Waals surface area contributed by atoms with Gasteiger partial charge in [-0.15, -0.1) is 0 Å². The van der Waals surface area contributed by atoms with E-state index >= 15 is 0 Å². The van der Waals surface area contributed by atoms with Crippen molar-refractivity contribution in [3.05, 3.63) is 64.4 Å². The van der Waals surface area contributed by atoms with Crippen molar-refractivity contribution in [2.75, 3.05) is 0 Å². The molecule has 1 fully saturated rings. The maximum atomic E-state index is 10.3. The van der Waals surface area contributed by atoms with Crippen LogP contribution in [0, 0.1) is 0 Å². The van der Waals surface area contributed by atoms with Crippen LogP contribution in [0.25, 0.3) is 0 Å². The van der Waals surface area contributed by atoms with E-state index in [1.165, 1.54) is 18.4 Å². The van der Waals surface area contributed by atoms with E-state index in [0.717, 1.165) is 11.1 Å². The molecule has 1 heterocycles. The van der Waals surface area contributed by atoms with E-state index in [4.69, 9.17) is 11.6 Å². The van der Waals surface area contributed by atoms with Gasteiger partial charge in [0.25, 0.3) is 0 Å². The zero-order valence-electron chi connectivity index (χ0n) is 10.6. The van der Waals surface area contributed by atoms with Crippen LogP contribution < -0.4 is 0 Å². The van der Waals surface area contributed by atoms with E-state index in [2.05, 4.69) is 17.1 Å². The predicted molar refractivity (Wildman–Crippen MR) is 76.3 cm³/mol. The molecular weight excluding hydrogens is 258 g/mol. The fourth-order valence-corrected chi connectivity index (χ4v) is 2.53. The molecule has 3 heteroatoms. The lowest BCUT2D eigenvalue weighted by Crippen LogP contribution is -2.03. The van der Waals surface area contributed by atoms with Crippen molar-refractivity contribution in [1.82, 2.24) is 4.98 Å². The topological polar surface area (TPSA) is 33.1 Å². The highest BCUT2D eigenvalue weighted by Gasteiger charge is 2.24. The van der Waals surface area contributed by atoms with Crippen LogP contribution in [0.5, 0.6) is 0 Å². The summed E-state index contributed by atoms with van der Waals surface area (Å²) >= 11 is 6.07. The van der Waals surface area contributed by atoms with Gasteiger partial charge in [0.15, 0.2) is 0 Å². The zero-order valence-corrected chi connectivity index (χ0v) is 11.3. The summed E-state index contributed by atoms with van der Waals surface area (Å²) in [5.74, 6) is 0.705. The Kier molecular flexibility index (Phi) is 3.54. The van der Waals surface area contributed by atoms with Gasteiger partial charge in [-0.2, -0.15) is 0 Å². The molecular formula is C16H16ClNO. The molecule has 1 atom stereocenters. The minimum atomic E-state index is -0.515. The first kappa shape index (κ1) is 12.6. The number of halogens is 1. The van der Waals surface area contributed by atoms with Crippen molar-refractivity contribution in [1.29, 1.82) is 0 Å². The monoisotopic (exact) mass is 273 g/mol. The van der Waals surface area contributed by atoms with E-state index in [-0.39, 0.29) is 0 Å². The molecule has 1 aliphatic carbocycles. The molecule has 0 aliphatic heterocycles. The highest BCUT2D eigenvalue weighted by molar-refractivity contribution is 6.31. The maximum Gasteiger partial charge on any atom is 0.0831 e. The summed E-state index contributed by atoms with van der Waals surface area (Å²) in [6.45, 7) is 0. The lowest BCUT2D eigenvalue weighted by atomic mass is 9.99. The molecule has 98 valence electrons. The first-order valence-electron chi connectivity index (χ1n) is 6.60. The van der Waals surface area contributed by atoms with Gasteiger partial charge in [0.1, 0.15) is 0 Å². The lowest BCUT2D eigenvalue weighted by molar-refractivity contribution is 0.178. The van der Waals surface area contributed by atoms with Crippen LogP contribution in [0.3, 0.4) is 0 Å². The van der Waals surface area contributed by atoms with Gasteiger partial charge >= 0.3 is 0 Å². The number of aliphatic hydroxyl groups excluding tert-OH is 1. The Balaban J connectivity index is 1.78. The normalized spacial score (nSPS) is 16.3. The maximum absolute atomic E-state index is 10.3. The summed E-state index contributed by atoms with van der Waals surface area (Å²) in [4.78, 5) is 3.96. The van der Waals surface area contributed by atoms with Crippen LogP contribution in [0.15, 0.2) is 42.7 Å². The first-order valence-corrected chi connectivity index (χ1v) is 6.98. The van der Waals surface area contributed by atoms with E-state index in [1.807, 2.05) is 18.2 Å². The molecule has 0 radical (unpaired) electrons. The standard InChI is InChI=1S/C16H16ClNO/c17-15-10-18-7-6-13(15)9-16(19)14-3-1-2-12(8-14)11-4-5-11/h1-3,6-8,10-11,16,19H,4-5,9H2. The van der Waals surface area contributed by atoms with Gasteiger partial charge in [-0.05, 0) is 41.5 Å². The number of rotatable bonds is 4. The van der Waals surface area contributed by atoms with Gasteiger partial charge in [-0.1, -0.05) is 35.9 Å². The largest absolute Gasteiger partial charge is 0.388 e. The van der Waals surface area contributed by atoms with Gasteiger partial charge in [0, 0.05) is 18.8 Å². The molecule has 0 saturated heterocycles. The predicted octanol–water partition coefficient (Wildman–Crippen LogP) is 3.89. The zero-order chi connectivity index (χ0) is 13.2. The van der Waals surface area contributed by atoms with Crippen molar-refractivity contribution in [2.45, 2.75) is 31.3 Å². The van der Waals surface area contributed by atoms with Crippen LogP contribution in [0.4, 0.5) is 0 Å². The average Bonchev–Trinajstić information content (AvgIpc) is 3.26. The molecule has 1 aromatic carbocycles. The second-order valence-corrected chi connectivity index (χ2v) is 5.54. The van der Waals surface area contributed by atoms with Crippen LogP contribution in [0.2, 0.25) is 5.02 Å². The van der Waals surface area contributed by atoms with Gasteiger partial charge < -0.3 is 5.11 Å². The summed E-state index contributed by atoms with van der Waals surface area (Å²) in [6, 6.07) is 10.1. The molecule has 0 bridgehead atoms. The van der Waals surface area contributed by atoms with Gasteiger partial charge in [-0.3, -0.25) is 4.98 Å². The second-order valence-electron chi connectivity index (χ2n) is 5.13. The van der Waals surface area contributed by atoms with Crippen molar-refractivity contribution >= 4 is 11.6 Å². The molecule has 2 nitrogen and oxygen atoms in total. The first-order chi connectivity index (χ1) is 9.24. The SMILES string of the molecule is OC(Cc1ccncc1Cl)c1cccc(C2CC2)c1. The van der Waals surface area contributed by atoms with E-state index in [1.54, 1.807) is 12.4 Å². The highest BCUT2D eigenvalue weighted by Crippen LogP contribution is 2.40. The van der Waals surface area contributed by atoms with Crippen LogP contribution in [-0.4, -0.2) is 10.1 Å². The fourth-order valence-electron chi connectivity index (χ4n) is 2.33. The van der Waals surface area contributed by atoms with E-state index in [0.29, 0.717) is 17.4 Å². The van der Waals surface area contributed by atoms with Gasteiger partial charge in [-0.25, -0.2) is 0 Å². The molecule has 1 unspecified atom stereocenters. The molecule has 1 aliphatic rings. The number of aromatic nitrogens is 1. The number of hydrogen-bond acceptors (Lipinski definition) is 2. The Labute approximate surface area is 118 Å². The van der Waals surface area contributed by atoms with Crippen LogP contribution in [0.1, 0.15) is 41.6 Å². The second kappa shape index (κ2) is 5.32. The Morgan fingerprint density at radius 1 is 1.32 bits per heavy atom. The van der Waals surface area contributed by atoms with Crippen LogP contribution in [-0.2, 0) is 6.42 Å². The summed E-state index contributed by atoms with van der Waals surface area (Å²) in [7, 11) is 0. The van der Waals surface area contributed by atoms with Crippen molar-refractivity contribution < 1.29 is 5.11 Å². The number of pyridine rings is 1. The number of benzene rings is 1. The Hall–Kier alpha value is -1.38. The Morgan fingerprint density at radius 2 is 2.16 bits per heavy atom. The number of hydrogen-bond donors (Lipinski definition) is 1. The smallest absolute Gasteiger partial charge is 0.0831 e. The third kappa shape index (κ3) is 2.96. The summed E-state index contributed by atoms with van der Waals surface area (Å²) in [5, 5.41) is 11.0. The molecule has 2 aromatic rings. The highest BCUT2D eigenvalue weighted by atomic mass is 35.5. The van der Waals surface area contributed by atoms with E-state index < -0.39 is 6.10 Å². The van der Waals surface area contributed by atoms with Crippen molar-refractivity contribution in [3.8, 4) is 0 Å². The Bertz CT molecular complexity index is 580. The molecule has 1 N–H and O–H groups in total. The molecule has 1 saturated carbocycles. The van der Waals surface area contributed by atoms with Crippen molar-refractivity contribution in [3.63, 3.8) is 0 Å². The van der Waals surface area contributed by atoms with Crippen LogP contribution >= 0.6 is 11.6 Å². The third-order valence-corrected chi connectivity index (χ3v) is 3.95. The number of nitrogens with zero attached hydrogens (tertiary/aromatic N) is 1.